The molecule has 1 fully saturated rings. The number of hydrogen-bond acceptors (Lipinski definition) is 5. The average molecular weight is 435 g/mol. The van der Waals surface area contributed by atoms with E-state index < -0.39 is 5.97 Å². The Morgan fingerprint density at radius 1 is 1.22 bits per heavy atom. The van der Waals surface area contributed by atoms with Crippen LogP contribution in [0.15, 0.2) is 34.9 Å². The highest BCUT2D eigenvalue weighted by atomic mass is 79.9. The summed E-state index contributed by atoms with van der Waals surface area (Å²) >= 11 is 3.26. The minimum absolute atomic E-state index is 0.0494. The van der Waals surface area contributed by atoms with Crippen molar-refractivity contribution in [3.05, 3.63) is 46.2 Å². The molecule has 0 radical (unpaired) electrons. The molecule has 1 aromatic carbocycles. The molecular formula is C19H19BrN2O5. The van der Waals surface area contributed by atoms with Gasteiger partial charge in [-0.15, -0.1) is 0 Å². The first-order valence-corrected chi connectivity index (χ1v) is 9.61. The summed E-state index contributed by atoms with van der Waals surface area (Å²) in [5.41, 5.74) is 1.31. The number of ether oxygens (including phenoxy) is 3. The normalized spacial score (nSPS) is 18.4. The number of carbonyl (C=O) groups excluding carboxylic acids is 2. The maximum atomic E-state index is 12.6. The summed E-state index contributed by atoms with van der Waals surface area (Å²) in [6.07, 6.45) is 3.40. The molecule has 7 nitrogen and oxygen atoms in total. The average Bonchev–Trinajstić information content (AvgIpc) is 3.34. The fraction of sp³-hybridized carbons (Fsp3) is 0.368. The minimum Gasteiger partial charge on any atom is -0.486 e. The Labute approximate surface area is 164 Å². The standard InChI is InChI=1S/C19H19BrN2O5/c20-13-9-14(21-10-13)19(24)27-11-18(23)22-5-1-2-15(22)12-3-4-16-17(8-12)26-7-6-25-16/h3-4,8-10,15,21H,1-2,5-7,11H2. The second-order valence-corrected chi connectivity index (χ2v) is 7.37. The van der Waals surface area contributed by atoms with Gasteiger partial charge in [0, 0.05) is 17.2 Å². The number of nitrogens with one attached hydrogen (secondary N) is 1. The molecule has 0 aliphatic carbocycles. The van der Waals surface area contributed by atoms with Crippen LogP contribution in [0.3, 0.4) is 0 Å². The Bertz CT molecular complexity index is 866. The Balaban J connectivity index is 1.41. The number of hydrogen-bond donors (Lipinski definition) is 1. The van der Waals surface area contributed by atoms with Crippen molar-refractivity contribution in [2.45, 2.75) is 18.9 Å². The first-order chi connectivity index (χ1) is 13.1. The van der Waals surface area contributed by atoms with Crippen LogP contribution >= 0.6 is 15.9 Å². The van der Waals surface area contributed by atoms with Crippen molar-refractivity contribution in [2.75, 3.05) is 26.4 Å². The highest BCUT2D eigenvalue weighted by Crippen LogP contribution is 2.38. The number of carbonyl (C=O) groups is 2. The molecule has 2 aliphatic rings. The summed E-state index contributed by atoms with van der Waals surface area (Å²) < 4.78 is 17.1. The SMILES string of the molecule is O=C(OCC(=O)N1CCCC1c1ccc2c(c1)OCCO2)c1cc(Br)c[nH]1. The lowest BCUT2D eigenvalue weighted by Crippen LogP contribution is -2.34. The zero-order valence-corrected chi connectivity index (χ0v) is 16.2. The Kier molecular flexibility index (Phi) is 5.07. The van der Waals surface area contributed by atoms with E-state index in [1.165, 1.54) is 0 Å². The van der Waals surface area contributed by atoms with E-state index in [-0.39, 0.29) is 18.6 Å². The molecule has 3 heterocycles. The molecule has 1 atom stereocenters. The quantitative estimate of drug-likeness (QED) is 0.747. The second kappa shape index (κ2) is 7.64. The lowest BCUT2D eigenvalue weighted by Gasteiger charge is -2.26. The number of likely N-dealkylation sites (tertiary alicyclic amines) is 1. The van der Waals surface area contributed by atoms with Crippen molar-refractivity contribution in [3.8, 4) is 11.5 Å². The lowest BCUT2D eigenvalue weighted by atomic mass is 10.0. The summed E-state index contributed by atoms with van der Waals surface area (Å²) in [6, 6.07) is 7.35. The maximum absolute atomic E-state index is 12.6. The van der Waals surface area contributed by atoms with Crippen LogP contribution in [0.4, 0.5) is 0 Å². The van der Waals surface area contributed by atoms with E-state index in [0.717, 1.165) is 28.6 Å². The third kappa shape index (κ3) is 3.80. The summed E-state index contributed by atoms with van der Waals surface area (Å²) in [6.45, 7) is 1.43. The highest BCUT2D eigenvalue weighted by Gasteiger charge is 2.31. The van der Waals surface area contributed by atoms with E-state index in [0.29, 0.717) is 31.2 Å². The van der Waals surface area contributed by atoms with E-state index in [2.05, 4.69) is 20.9 Å². The van der Waals surface area contributed by atoms with Crippen molar-refractivity contribution < 1.29 is 23.8 Å². The molecule has 1 N–H and O–H groups in total. The third-order valence-corrected chi connectivity index (χ3v) is 5.18. The molecule has 2 aromatic rings. The van der Waals surface area contributed by atoms with Gasteiger partial charge in [-0.1, -0.05) is 6.07 Å². The molecule has 8 heteroatoms. The van der Waals surface area contributed by atoms with Crippen LogP contribution < -0.4 is 9.47 Å². The van der Waals surface area contributed by atoms with Crippen LogP contribution in [0.5, 0.6) is 11.5 Å². The molecule has 0 spiro atoms. The van der Waals surface area contributed by atoms with Crippen molar-refractivity contribution >= 4 is 27.8 Å². The molecule has 1 unspecified atom stereocenters. The van der Waals surface area contributed by atoms with Gasteiger partial charge < -0.3 is 24.1 Å². The largest absolute Gasteiger partial charge is 0.486 e. The summed E-state index contributed by atoms with van der Waals surface area (Å²) in [5, 5.41) is 0. The van der Waals surface area contributed by atoms with E-state index in [1.807, 2.05) is 18.2 Å². The van der Waals surface area contributed by atoms with E-state index >= 15 is 0 Å². The fourth-order valence-corrected chi connectivity index (χ4v) is 3.80. The van der Waals surface area contributed by atoms with Gasteiger partial charge in [-0.25, -0.2) is 4.79 Å². The first kappa shape index (κ1) is 17.9. The molecule has 0 saturated carbocycles. The zero-order valence-electron chi connectivity index (χ0n) is 14.6. The number of rotatable bonds is 4. The number of fused-ring (bicyclic) bond motifs is 1. The number of amides is 1. The number of esters is 1. The van der Waals surface area contributed by atoms with Crippen LogP contribution in [0.2, 0.25) is 0 Å². The van der Waals surface area contributed by atoms with Gasteiger partial charge in [0.15, 0.2) is 18.1 Å². The topological polar surface area (TPSA) is 80.9 Å². The van der Waals surface area contributed by atoms with Gasteiger partial charge in [-0.2, -0.15) is 0 Å². The zero-order chi connectivity index (χ0) is 18.8. The molecule has 4 rings (SSSR count). The van der Waals surface area contributed by atoms with Gasteiger partial charge in [0.2, 0.25) is 0 Å². The van der Waals surface area contributed by atoms with Crippen LogP contribution in [0.1, 0.15) is 34.9 Å². The van der Waals surface area contributed by atoms with Gasteiger partial charge in [-0.3, -0.25) is 4.79 Å². The van der Waals surface area contributed by atoms with Gasteiger partial charge in [-0.05, 0) is 52.5 Å². The van der Waals surface area contributed by atoms with Crippen LogP contribution in [0, 0.1) is 0 Å². The smallest absolute Gasteiger partial charge is 0.355 e. The fourth-order valence-electron chi connectivity index (χ4n) is 3.45. The lowest BCUT2D eigenvalue weighted by molar-refractivity contribution is -0.135. The third-order valence-electron chi connectivity index (χ3n) is 4.72. The summed E-state index contributed by atoms with van der Waals surface area (Å²) in [7, 11) is 0. The van der Waals surface area contributed by atoms with Gasteiger partial charge in [0.05, 0.1) is 6.04 Å². The van der Waals surface area contributed by atoms with Crippen LogP contribution in [-0.4, -0.2) is 48.1 Å². The molecular weight excluding hydrogens is 416 g/mol. The Morgan fingerprint density at radius 3 is 2.81 bits per heavy atom. The molecule has 27 heavy (non-hydrogen) atoms. The number of aromatic nitrogens is 1. The van der Waals surface area contributed by atoms with Gasteiger partial charge in [0.25, 0.3) is 5.91 Å². The van der Waals surface area contributed by atoms with Crippen molar-refractivity contribution in [1.82, 2.24) is 9.88 Å². The summed E-state index contributed by atoms with van der Waals surface area (Å²) in [4.78, 5) is 29.2. The molecule has 142 valence electrons. The van der Waals surface area contributed by atoms with Crippen molar-refractivity contribution in [1.29, 1.82) is 0 Å². The predicted octanol–water partition coefficient (Wildman–Crippen LogP) is 3.07. The number of nitrogens with zero attached hydrogens (tertiary/aromatic N) is 1. The predicted molar refractivity (Wildman–Crippen MR) is 99.9 cm³/mol. The number of H-pyrrole nitrogens is 1. The molecule has 1 saturated heterocycles. The highest BCUT2D eigenvalue weighted by molar-refractivity contribution is 9.10. The monoisotopic (exact) mass is 434 g/mol. The second-order valence-electron chi connectivity index (χ2n) is 6.46. The molecule has 0 bridgehead atoms. The van der Waals surface area contributed by atoms with Crippen molar-refractivity contribution in [2.24, 2.45) is 0 Å². The number of aromatic amines is 1. The van der Waals surface area contributed by atoms with E-state index in [9.17, 15) is 9.59 Å². The molecule has 2 aliphatic heterocycles. The number of benzene rings is 1. The van der Waals surface area contributed by atoms with Gasteiger partial charge in [0.1, 0.15) is 18.9 Å². The van der Waals surface area contributed by atoms with Crippen LogP contribution in [0.25, 0.3) is 0 Å². The Morgan fingerprint density at radius 2 is 2.04 bits per heavy atom. The molecule has 1 amide bonds. The van der Waals surface area contributed by atoms with Crippen LogP contribution in [-0.2, 0) is 9.53 Å². The van der Waals surface area contributed by atoms with E-state index in [1.54, 1.807) is 17.2 Å². The Hall–Kier alpha value is -2.48. The van der Waals surface area contributed by atoms with Gasteiger partial charge >= 0.3 is 5.97 Å². The maximum Gasteiger partial charge on any atom is 0.355 e. The van der Waals surface area contributed by atoms with E-state index in [4.69, 9.17) is 14.2 Å². The first-order valence-electron chi connectivity index (χ1n) is 8.82. The summed E-state index contributed by atoms with van der Waals surface area (Å²) in [5.74, 6) is 0.684. The molecule has 1 aromatic heterocycles. The minimum atomic E-state index is -0.552. The number of halogens is 1. The van der Waals surface area contributed by atoms with Crippen molar-refractivity contribution in [3.63, 3.8) is 0 Å².